The first-order valence-electron chi connectivity index (χ1n) is 10.1. The van der Waals surface area contributed by atoms with Crippen molar-refractivity contribution in [3.63, 3.8) is 0 Å². The number of aromatic nitrogens is 1. The fraction of sp³-hybridized carbons (Fsp3) is 0.440. The molecule has 0 aliphatic heterocycles. The Hall–Kier alpha value is -2.25. The molecule has 0 N–H and O–H groups in total. The van der Waals surface area contributed by atoms with Gasteiger partial charge in [-0.1, -0.05) is 50.8 Å². The van der Waals surface area contributed by atoms with Crippen LogP contribution in [0.5, 0.6) is 5.88 Å². The number of benzene rings is 1. The zero-order valence-electron chi connectivity index (χ0n) is 18.4. The van der Waals surface area contributed by atoms with E-state index in [2.05, 4.69) is 74.3 Å². The molecule has 4 atom stereocenters. The largest absolute Gasteiger partial charge is 0.481 e. The van der Waals surface area contributed by atoms with Crippen LogP contribution in [-0.4, -0.2) is 29.9 Å². The Morgan fingerprint density at radius 3 is 2.38 bits per heavy atom. The molecular formula is C25H32N2OS. The molecule has 3 nitrogen and oxygen atoms in total. The van der Waals surface area contributed by atoms with E-state index in [0.717, 1.165) is 23.3 Å². The first-order chi connectivity index (χ1) is 13.7. The molecular weight excluding hydrogens is 376 g/mol. The van der Waals surface area contributed by atoms with Gasteiger partial charge in [0.2, 0.25) is 5.88 Å². The lowest BCUT2D eigenvalue weighted by Gasteiger charge is -2.54. The number of hydrogen-bond acceptors (Lipinski definition) is 3. The van der Waals surface area contributed by atoms with Gasteiger partial charge in [0.1, 0.15) is 5.41 Å². The van der Waals surface area contributed by atoms with Crippen LogP contribution in [0.1, 0.15) is 31.5 Å². The lowest BCUT2D eigenvalue weighted by Crippen LogP contribution is -2.46. The maximum absolute atomic E-state index is 10.4. The Balaban J connectivity index is 2.05. The average Bonchev–Trinajstić information content (AvgIpc) is 2.71. The molecule has 1 aromatic heterocycles. The topological polar surface area (TPSA) is 45.9 Å². The van der Waals surface area contributed by atoms with Crippen LogP contribution in [0.4, 0.5) is 0 Å². The second kappa shape index (κ2) is 7.88. The summed E-state index contributed by atoms with van der Waals surface area (Å²) in [4.78, 5) is 5.97. The molecule has 1 heterocycles. The summed E-state index contributed by atoms with van der Waals surface area (Å²) in [5.74, 6) is 1.21. The van der Waals surface area contributed by atoms with Crippen LogP contribution >= 0.6 is 10.0 Å². The summed E-state index contributed by atoms with van der Waals surface area (Å²) >= 11 is 0. The maximum Gasteiger partial charge on any atom is 0.213 e. The molecule has 0 amide bonds. The van der Waals surface area contributed by atoms with Crippen molar-refractivity contribution in [1.82, 2.24) is 4.98 Å². The SMILES string of the molecule is C=C1[C@@H](C)[C@@H](S(C)(C)c2ccccc2)C(C)C[C@@]1(C#N)c1ccc(OC)nc1C. The number of hydrogen-bond donors (Lipinski definition) is 0. The lowest BCUT2D eigenvalue weighted by atomic mass is 9.60. The number of allylic oxidation sites excluding steroid dienone is 1. The van der Waals surface area contributed by atoms with E-state index in [-0.39, 0.29) is 5.92 Å². The van der Waals surface area contributed by atoms with Crippen LogP contribution in [-0.2, 0) is 5.41 Å². The molecule has 0 bridgehead atoms. The molecule has 1 aliphatic carbocycles. The maximum atomic E-state index is 10.4. The van der Waals surface area contributed by atoms with Gasteiger partial charge in [-0.05, 0) is 59.8 Å². The Bertz CT molecular complexity index is 947. The average molecular weight is 409 g/mol. The summed E-state index contributed by atoms with van der Waals surface area (Å²) in [7, 11) is 0.555. The minimum atomic E-state index is -1.06. The van der Waals surface area contributed by atoms with Crippen LogP contribution in [0.3, 0.4) is 0 Å². The Morgan fingerprint density at radius 2 is 1.83 bits per heavy atom. The second-order valence-corrected chi connectivity index (χ2v) is 12.5. The van der Waals surface area contributed by atoms with Crippen LogP contribution in [0.15, 0.2) is 59.5 Å². The van der Waals surface area contributed by atoms with Gasteiger partial charge in [0.05, 0.1) is 13.2 Å². The van der Waals surface area contributed by atoms with E-state index in [1.165, 1.54) is 4.90 Å². The Morgan fingerprint density at radius 1 is 1.17 bits per heavy atom. The van der Waals surface area contributed by atoms with Gasteiger partial charge in [-0.3, -0.25) is 0 Å². The summed E-state index contributed by atoms with van der Waals surface area (Å²) < 4.78 is 5.27. The molecule has 0 radical (unpaired) electrons. The zero-order valence-corrected chi connectivity index (χ0v) is 19.2. The molecule has 4 heteroatoms. The van der Waals surface area contributed by atoms with Crippen LogP contribution in [0, 0.1) is 30.1 Å². The second-order valence-electron chi connectivity index (χ2n) is 8.68. The minimum Gasteiger partial charge on any atom is -0.481 e. The standard InChI is InChI=1S/C25H32N2OS/c1-17-15-25(16-26,22-13-14-23(28-5)27-20(22)4)19(3)18(2)24(17)29(6,7)21-11-9-8-10-12-21/h8-14,17-18,24H,3,15H2,1-2,4-7H3/t17?,18-,24+,25+/m1/s1. The van der Waals surface area contributed by atoms with E-state index in [9.17, 15) is 5.26 Å². The minimum absolute atomic E-state index is 0.241. The quantitative estimate of drug-likeness (QED) is 0.593. The number of ether oxygens (including phenoxy) is 1. The molecule has 29 heavy (non-hydrogen) atoms. The van der Waals surface area contributed by atoms with Crippen molar-refractivity contribution in [3.8, 4) is 11.9 Å². The highest BCUT2D eigenvalue weighted by Gasteiger charge is 2.51. The molecule has 1 fully saturated rings. The number of aryl methyl sites for hydroxylation is 1. The zero-order chi connectivity index (χ0) is 21.4. The fourth-order valence-corrected chi connectivity index (χ4v) is 9.01. The van der Waals surface area contributed by atoms with Gasteiger partial charge < -0.3 is 4.74 Å². The van der Waals surface area contributed by atoms with E-state index in [4.69, 9.17) is 4.74 Å². The van der Waals surface area contributed by atoms with Crippen molar-refractivity contribution in [2.24, 2.45) is 11.8 Å². The molecule has 2 aromatic rings. The number of nitrogens with zero attached hydrogens (tertiary/aromatic N) is 2. The van der Waals surface area contributed by atoms with Gasteiger partial charge in [0, 0.05) is 17.0 Å². The summed E-state index contributed by atoms with van der Waals surface area (Å²) in [5, 5.41) is 10.9. The highest BCUT2D eigenvalue weighted by atomic mass is 32.3. The highest BCUT2D eigenvalue weighted by Crippen LogP contribution is 2.63. The van der Waals surface area contributed by atoms with E-state index in [1.54, 1.807) is 7.11 Å². The predicted molar refractivity (Wildman–Crippen MR) is 123 cm³/mol. The number of rotatable bonds is 4. The van der Waals surface area contributed by atoms with E-state index >= 15 is 0 Å². The molecule has 154 valence electrons. The monoisotopic (exact) mass is 408 g/mol. The van der Waals surface area contributed by atoms with Gasteiger partial charge in [0.15, 0.2) is 0 Å². The molecule has 3 rings (SSSR count). The predicted octanol–water partition coefficient (Wildman–Crippen LogP) is 5.88. The van der Waals surface area contributed by atoms with Crippen LogP contribution < -0.4 is 4.74 Å². The third-order valence-corrected chi connectivity index (χ3v) is 10.5. The van der Waals surface area contributed by atoms with Crippen molar-refractivity contribution in [1.29, 1.82) is 5.26 Å². The van der Waals surface area contributed by atoms with Gasteiger partial charge in [0.25, 0.3) is 0 Å². The van der Waals surface area contributed by atoms with Crippen molar-refractivity contribution in [2.75, 3.05) is 19.6 Å². The number of methoxy groups -OCH3 is 1. The number of pyridine rings is 1. The van der Waals surface area contributed by atoms with Crippen molar-refractivity contribution < 1.29 is 4.74 Å². The molecule has 0 saturated heterocycles. The summed E-state index contributed by atoms with van der Waals surface area (Å²) in [5.41, 5.74) is 2.13. The highest BCUT2D eigenvalue weighted by molar-refractivity contribution is 8.33. The van der Waals surface area contributed by atoms with Crippen LogP contribution in [0.25, 0.3) is 0 Å². The molecule has 1 aliphatic rings. The smallest absolute Gasteiger partial charge is 0.213 e. The third-order valence-electron chi connectivity index (χ3n) is 6.73. The third kappa shape index (κ3) is 3.46. The number of nitriles is 1. The molecule has 1 saturated carbocycles. The van der Waals surface area contributed by atoms with Gasteiger partial charge in [-0.2, -0.15) is 5.26 Å². The van der Waals surface area contributed by atoms with Crippen LogP contribution in [0.2, 0.25) is 0 Å². The fourth-order valence-electron chi connectivity index (χ4n) is 5.39. The van der Waals surface area contributed by atoms with Crippen molar-refractivity contribution in [2.45, 2.75) is 42.8 Å². The lowest BCUT2D eigenvalue weighted by molar-refractivity contribution is 0.309. The normalized spacial score (nSPS) is 27.9. The van der Waals surface area contributed by atoms with Gasteiger partial charge in [-0.15, -0.1) is 0 Å². The summed E-state index contributed by atoms with van der Waals surface area (Å²) in [6, 6.07) is 17.4. The van der Waals surface area contributed by atoms with E-state index in [1.807, 2.05) is 19.1 Å². The Kier molecular flexibility index (Phi) is 5.83. The van der Waals surface area contributed by atoms with Crippen molar-refractivity contribution >= 4 is 10.0 Å². The molecule has 1 aromatic carbocycles. The first kappa shape index (κ1) is 21.5. The molecule has 0 spiro atoms. The van der Waals surface area contributed by atoms with Gasteiger partial charge in [-0.25, -0.2) is 15.0 Å². The molecule has 1 unspecified atom stereocenters. The van der Waals surface area contributed by atoms with Gasteiger partial charge >= 0.3 is 0 Å². The first-order valence-corrected chi connectivity index (χ1v) is 12.6. The van der Waals surface area contributed by atoms with Crippen molar-refractivity contribution in [3.05, 3.63) is 65.9 Å². The van der Waals surface area contributed by atoms with E-state index in [0.29, 0.717) is 17.0 Å². The summed E-state index contributed by atoms with van der Waals surface area (Å²) in [6.07, 6.45) is 5.59. The summed E-state index contributed by atoms with van der Waals surface area (Å²) in [6.45, 7) is 11.0. The van der Waals surface area contributed by atoms with E-state index < -0.39 is 15.4 Å². The Labute approximate surface area is 177 Å².